The number of halogens is 1. The lowest BCUT2D eigenvalue weighted by atomic mass is 10.2. The van der Waals surface area contributed by atoms with Gasteiger partial charge in [0.2, 0.25) is 0 Å². The van der Waals surface area contributed by atoms with Crippen molar-refractivity contribution >= 4 is 17.2 Å². The molecular formula is C13H16FN3S. The van der Waals surface area contributed by atoms with Gasteiger partial charge < -0.3 is 10.2 Å². The summed E-state index contributed by atoms with van der Waals surface area (Å²) in [5, 5.41) is 5.11. The van der Waals surface area contributed by atoms with Crippen molar-refractivity contribution in [3.05, 3.63) is 46.5 Å². The van der Waals surface area contributed by atoms with E-state index in [2.05, 4.69) is 21.3 Å². The highest BCUT2D eigenvalue weighted by molar-refractivity contribution is 7.10. The minimum absolute atomic E-state index is 0.214. The van der Waals surface area contributed by atoms with Crippen LogP contribution < -0.4 is 5.32 Å². The first kappa shape index (κ1) is 13.0. The summed E-state index contributed by atoms with van der Waals surface area (Å²) in [6, 6.07) is 7.32. The van der Waals surface area contributed by atoms with Gasteiger partial charge >= 0.3 is 0 Å². The number of nitrogens with one attached hydrogen (secondary N) is 1. The lowest BCUT2D eigenvalue weighted by Gasteiger charge is -2.23. The van der Waals surface area contributed by atoms with Gasteiger partial charge in [0.05, 0.1) is 6.04 Å². The number of nitrogens with zero attached hydrogens (tertiary/aromatic N) is 2. The van der Waals surface area contributed by atoms with Crippen LogP contribution in [0.1, 0.15) is 10.9 Å². The highest BCUT2D eigenvalue weighted by Crippen LogP contribution is 2.23. The molecule has 1 unspecified atom stereocenters. The summed E-state index contributed by atoms with van der Waals surface area (Å²) < 4.78 is 13.4. The molecule has 0 aromatic carbocycles. The number of hydrogen-bond acceptors (Lipinski definition) is 4. The molecule has 0 bridgehead atoms. The van der Waals surface area contributed by atoms with E-state index in [4.69, 9.17) is 0 Å². The second-order valence-electron chi connectivity index (χ2n) is 4.21. The zero-order valence-electron chi connectivity index (χ0n) is 10.4. The molecule has 3 nitrogen and oxygen atoms in total. The van der Waals surface area contributed by atoms with E-state index in [1.165, 1.54) is 10.9 Å². The molecule has 1 atom stereocenters. The van der Waals surface area contributed by atoms with E-state index in [1.807, 2.05) is 25.5 Å². The zero-order valence-corrected chi connectivity index (χ0v) is 11.2. The molecule has 0 aliphatic heterocycles. The number of thiophene rings is 1. The molecule has 18 heavy (non-hydrogen) atoms. The lowest BCUT2D eigenvalue weighted by Crippen LogP contribution is -2.26. The molecule has 0 amide bonds. The van der Waals surface area contributed by atoms with Gasteiger partial charge in [-0.15, -0.1) is 11.3 Å². The van der Waals surface area contributed by atoms with Crippen LogP contribution in [0.3, 0.4) is 0 Å². The van der Waals surface area contributed by atoms with Crippen LogP contribution in [0.25, 0.3) is 0 Å². The average molecular weight is 265 g/mol. The minimum Gasteiger partial charge on any atom is -0.366 e. The fourth-order valence-corrected chi connectivity index (χ4v) is 2.65. The molecule has 1 N–H and O–H groups in total. The number of likely N-dealkylation sites (N-methyl/N-ethyl adjacent to an activating group) is 1. The second-order valence-corrected chi connectivity index (χ2v) is 5.19. The van der Waals surface area contributed by atoms with Crippen LogP contribution in [-0.4, -0.2) is 30.5 Å². The van der Waals surface area contributed by atoms with Gasteiger partial charge in [0.25, 0.3) is 0 Å². The average Bonchev–Trinajstić information content (AvgIpc) is 2.85. The van der Waals surface area contributed by atoms with Gasteiger partial charge in [0, 0.05) is 17.6 Å². The first-order valence-electron chi connectivity index (χ1n) is 5.72. The molecule has 5 heteroatoms. The summed E-state index contributed by atoms with van der Waals surface area (Å²) in [5.41, 5.74) is 0. The van der Waals surface area contributed by atoms with Gasteiger partial charge in [-0.2, -0.15) is 0 Å². The number of anilines is 1. The fraction of sp³-hybridized carbons (Fsp3) is 0.308. The number of pyridine rings is 1. The van der Waals surface area contributed by atoms with E-state index in [-0.39, 0.29) is 11.9 Å². The Morgan fingerprint density at radius 1 is 1.39 bits per heavy atom. The van der Waals surface area contributed by atoms with Crippen molar-refractivity contribution in [1.29, 1.82) is 0 Å². The molecule has 0 fully saturated rings. The van der Waals surface area contributed by atoms with E-state index in [0.29, 0.717) is 12.4 Å². The summed E-state index contributed by atoms with van der Waals surface area (Å²) in [5.74, 6) is -0.0120. The minimum atomic E-state index is -0.318. The summed E-state index contributed by atoms with van der Waals surface area (Å²) >= 11 is 1.70. The van der Waals surface area contributed by atoms with Gasteiger partial charge in [-0.1, -0.05) is 6.07 Å². The Kier molecular flexibility index (Phi) is 4.28. The summed E-state index contributed by atoms with van der Waals surface area (Å²) in [4.78, 5) is 7.35. The van der Waals surface area contributed by atoms with Crippen molar-refractivity contribution in [2.24, 2.45) is 0 Å². The highest BCUT2D eigenvalue weighted by atomic mass is 32.1. The lowest BCUT2D eigenvalue weighted by molar-refractivity contribution is 0.315. The molecule has 0 aliphatic carbocycles. The SMILES string of the molecule is CN(C)C(CNc1ncccc1F)c1cccs1. The third-order valence-corrected chi connectivity index (χ3v) is 3.69. The summed E-state index contributed by atoms with van der Waals surface area (Å²) in [6.45, 7) is 0.626. The second kappa shape index (κ2) is 5.93. The maximum atomic E-state index is 13.4. The van der Waals surface area contributed by atoms with Gasteiger partial charge in [-0.25, -0.2) is 9.37 Å². The number of hydrogen-bond donors (Lipinski definition) is 1. The molecule has 0 saturated heterocycles. The van der Waals surface area contributed by atoms with Gasteiger partial charge in [-0.05, 0) is 37.7 Å². The van der Waals surface area contributed by atoms with E-state index >= 15 is 0 Å². The Labute approximate surface area is 110 Å². The Morgan fingerprint density at radius 3 is 2.83 bits per heavy atom. The van der Waals surface area contributed by atoms with Gasteiger partial charge in [0.15, 0.2) is 11.6 Å². The topological polar surface area (TPSA) is 28.2 Å². The van der Waals surface area contributed by atoms with E-state index in [0.717, 1.165) is 0 Å². The predicted molar refractivity (Wildman–Crippen MR) is 73.4 cm³/mol. The maximum absolute atomic E-state index is 13.4. The third-order valence-electron chi connectivity index (χ3n) is 2.72. The summed E-state index contributed by atoms with van der Waals surface area (Å²) in [6.07, 6.45) is 1.58. The molecule has 0 radical (unpaired) electrons. The molecule has 2 aromatic rings. The standard InChI is InChI=1S/C13H16FN3S/c1-17(2)11(12-6-4-8-18-12)9-16-13-10(14)5-3-7-15-13/h3-8,11H,9H2,1-2H3,(H,15,16). The third kappa shape index (κ3) is 3.05. The van der Waals surface area contributed by atoms with E-state index in [1.54, 1.807) is 23.6 Å². The molecular weight excluding hydrogens is 249 g/mol. The predicted octanol–water partition coefficient (Wildman–Crippen LogP) is 3.00. The molecule has 0 saturated carbocycles. The zero-order chi connectivity index (χ0) is 13.0. The largest absolute Gasteiger partial charge is 0.366 e. The Morgan fingerprint density at radius 2 is 2.22 bits per heavy atom. The van der Waals surface area contributed by atoms with E-state index < -0.39 is 0 Å². The van der Waals surface area contributed by atoms with Crippen molar-refractivity contribution in [3.8, 4) is 0 Å². The van der Waals surface area contributed by atoms with Crippen molar-refractivity contribution < 1.29 is 4.39 Å². The monoisotopic (exact) mass is 265 g/mol. The Balaban J connectivity index is 2.05. The smallest absolute Gasteiger partial charge is 0.165 e. The fourth-order valence-electron chi connectivity index (χ4n) is 1.73. The van der Waals surface area contributed by atoms with Gasteiger partial charge in [0.1, 0.15) is 0 Å². The van der Waals surface area contributed by atoms with Crippen molar-refractivity contribution in [2.75, 3.05) is 26.0 Å². The Bertz CT molecular complexity index is 485. The molecule has 2 heterocycles. The van der Waals surface area contributed by atoms with Crippen molar-refractivity contribution in [2.45, 2.75) is 6.04 Å². The maximum Gasteiger partial charge on any atom is 0.165 e. The van der Waals surface area contributed by atoms with Crippen LogP contribution in [0.4, 0.5) is 10.2 Å². The number of aromatic nitrogens is 1. The van der Waals surface area contributed by atoms with Crippen LogP contribution in [0.15, 0.2) is 35.8 Å². The molecule has 96 valence electrons. The molecule has 0 spiro atoms. The summed E-state index contributed by atoms with van der Waals surface area (Å²) in [7, 11) is 4.03. The Hall–Kier alpha value is -1.46. The first-order chi connectivity index (χ1) is 8.68. The van der Waals surface area contributed by atoms with Crippen LogP contribution >= 0.6 is 11.3 Å². The van der Waals surface area contributed by atoms with Crippen molar-refractivity contribution in [3.63, 3.8) is 0 Å². The first-order valence-corrected chi connectivity index (χ1v) is 6.60. The van der Waals surface area contributed by atoms with Crippen LogP contribution in [0.2, 0.25) is 0 Å². The normalized spacial score (nSPS) is 12.7. The highest BCUT2D eigenvalue weighted by Gasteiger charge is 2.15. The van der Waals surface area contributed by atoms with Crippen molar-refractivity contribution in [1.82, 2.24) is 9.88 Å². The van der Waals surface area contributed by atoms with Crippen LogP contribution in [-0.2, 0) is 0 Å². The van der Waals surface area contributed by atoms with Crippen LogP contribution in [0.5, 0.6) is 0 Å². The molecule has 2 rings (SSSR count). The molecule has 0 aliphatic rings. The van der Waals surface area contributed by atoms with Gasteiger partial charge in [-0.3, -0.25) is 0 Å². The number of rotatable bonds is 5. The molecule has 2 aromatic heterocycles. The quantitative estimate of drug-likeness (QED) is 0.900. The van der Waals surface area contributed by atoms with E-state index in [9.17, 15) is 4.39 Å². The van der Waals surface area contributed by atoms with Crippen LogP contribution in [0, 0.1) is 5.82 Å².